The Labute approximate surface area is 83.0 Å². The summed E-state index contributed by atoms with van der Waals surface area (Å²) in [4.78, 5) is 13.8. The molecule has 0 aliphatic carbocycles. The van der Waals surface area contributed by atoms with Gasteiger partial charge in [-0.3, -0.25) is 4.79 Å². The number of nitrogens with zero attached hydrogens (tertiary/aromatic N) is 1. The Morgan fingerprint density at radius 2 is 2.31 bits per heavy atom. The number of carbonyl (C=O) groups is 1. The quantitative estimate of drug-likeness (QED) is 0.662. The summed E-state index contributed by atoms with van der Waals surface area (Å²) >= 11 is 1.89. The van der Waals surface area contributed by atoms with Gasteiger partial charge in [-0.05, 0) is 18.6 Å². The average molecular weight is 200 g/mol. The molecule has 2 saturated heterocycles. The maximum atomic E-state index is 11.9. The molecule has 0 spiro atoms. The first-order valence-electron chi connectivity index (χ1n) is 4.89. The Morgan fingerprint density at radius 3 is 2.85 bits per heavy atom. The SMILES string of the molecule is N[C@H]1CCN(C(=O)C2CCSC2)C1. The molecule has 0 aromatic heterocycles. The lowest BCUT2D eigenvalue weighted by atomic mass is 10.1. The second kappa shape index (κ2) is 3.88. The van der Waals surface area contributed by atoms with Gasteiger partial charge in [-0.2, -0.15) is 11.8 Å². The van der Waals surface area contributed by atoms with E-state index in [4.69, 9.17) is 5.73 Å². The van der Waals surface area contributed by atoms with Crippen molar-refractivity contribution in [2.24, 2.45) is 11.7 Å². The summed E-state index contributed by atoms with van der Waals surface area (Å²) in [5.74, 6) is 2.80. The fourth-order valence-corrected chi connectivity index (χ4v) is 3.19. The standard InChI is InChI=1S/C9H16N2OS/c10-8-1-3-11(5-8)9(12)7-2-4-13-6-7/h7-8H,1-6,10H2/t7?,8-/m0/s1. The van der Waals surface area contributed by atoms with E-state index in [0.29, 0.717) is 5.91 Å². The first-order chi connectivity index (χ1) is 6.27. The van der Waals surface area contributed by atoms with Gasteiger partial charge in [0.15, 0.2) is 0 Å². The summed E-state index contributed by atoms with van der Waals surface area (Å²) in [6, 6.07) is 0.220. The molecule has 13 heavy (non-hydrogen) atoms. The number of carbonyl (C=O) groups excluding carboxylic acids is 1. The predicted molar refractivity (Wildman–Crippen MR) is 54.6 cm³/mol. The molecule has 1 unspecified atom stereocenters. The molecule has 0 radical (unpaired) electrons. The van der Waals surface area contributed by atoms with Gasteiger partial charge < -0.3 is 10.6 Å². The first kappa shape index (κ1) is 9.34. The van der Waals surface area contributed by atoms with E-state index in [9.17, 15) is 4.79 Å². The highest BCUT2D eigenvalue weighted by Crippen LogP contribution is 2.26. The van der Waals surface area contributed by atoms with Crippen molar-refractivity contribution in [2.75, 3.05) is 24.6 Å². The van der Waals surface area contributed by atoms with Crippen LogP contribution in [-0.4, -0.2) is 41.4 Å². The third kappa shape index (κ3) is 1.99. The van der Waals surface area contributed by atoms with Crippen LogP contribution in [0.4, 0.5) is 0 Å². The number of amides is 1. The zero-order valence-electron chi connectivity index (χ0n) is 7.74. The summed E-state index contributed by atoms with van der Waals surface area (Å²) in [5, 5.41) is 0. The normalized spacial score (nSPS) is 34.1. The van der Waals surface area contributed by atoms with E-state index in [0.717, 1.165) is 37.4 Å². The molecular weight excluding hydrogens is 184 g/mol. The van der Waals surface area contributed by atoms with Crippen molar-refractivity contribution in [3.8, 4) is 0 Å². The second-order valence-electron chi connectivity index (χ2n) is 3.89. The Kier molecular flexibility index (Phi) is 2.79. The highest BCUT2D eigenvalue weighted by Gasteiger charge is 2.31. The lowest BCUT2D eigenvalue weighted by Gasteiger charge is -2.19. The van der Waals surface area contributed by atoms with Gasteiger partial charge in [0.2, 0.25) is 5.91 Å². The van der Waals surface area contributed by atoms with Gasteiger partial charge >= 0.3 is 0 Å². The van der Waals surface area contributed by atoms with Crippen molar-refractivity contribution in [1.29, 1.82) is 0 Å². The summed E-state index contributed by atoms with van der Waals surface area (Å²) in [5.41, 5.74) is 5.76. The molecule has 2 heterocycles. The Balaban J connectivity index is 1.89. The van der Waals surface area contributed by atoms with Crippen LogP contribution in [0.2, 0.25) is 0 Å². The van der Waals surface area contributed by atoms with Gasteiger partial charge in [-0.1, -0.05) is 0 Å². The highest BCUT2D eigenvalue weighted by molar-refractivity contribution is 7.99. The lowest BCUT2D eigenvalue weighted by molar-refractivity contribution is -0.133. The molecule has 0 aromatic rings. The lowest BCUT2D eigenvalue weighted by Crippen LogP contribution is -2.36. The van der Waals surface area contributed by atoms with E-state index >= 15 is 0 Å². The minimum absolute atomic E-state index is 0.220. The van der Waals surface area contributed by atoms with Crippen molar-refractivity contribution in [3.05, 3.63) is 0 Å². The zero-order chi connectivity index (χ0) is 9.26. The Morgan fingerprint density at radius 1 is 1.46 bits per heavy atom. The van der Waals surface area contributed by atoms with Gasteiger partial charge in [0.05, 0.1) is 0 Å². The molecule has 3 nitrogen and oxygen atoms in total. The molecule has 74 valence electrons. The van der Waals surface area contributed by atoms with Crippen LogP contribution >= 0.6 is 11.8 Å². The smallest absolute Gasteiger partial charge is 0.226 e. The maximum absolute atomic E-state index is 11.9. The highest BCUT2D eigenvalue weighted by atomic mass is 32.2. The van der Waals surface area contributed by atoms with Crippen LogP contribution in [0.5, 0.6) is 0 Å². The average Bonchev–Trinajstić information content (AvgIpc) is 2.72. The van der Waals surface area contributed by atoms with Gasteiger partial charge in [0.1, 0.15) is 0 Å². The minimum Gasteiger partial charge on any atom is -0.341 e. The first-order valence-corrected chi connectivity index (χ1v) is 6.05. The van der Waals surface area contributed by atoms with Crippen molar-refractivity contribution in [3.63, 3.8) is 0 Å². The van der Waals surface area contributed by atoms with Crippen LogP contribution in [0.15, 0.2) is 0 Å². The predicted octanol–water partition coefficient (Wildman–Crippen LogP) is 0.299. The van der Waals surface area contributed by atoms with E-state index in [1.807, 2.05) is 16.7 Å². The van der Waals surface area contributed by atoms with Gasteiger partial charge in [0.25, 0.3) is 0 Å². The maximum Gasteiger partial charge on any atom is 0.226 e. The van der Waals surface area contributed by atoms with E-state index in [1.165, 1.54) is 0 Å². The summed E-state index contributed by atoms with van der Waals surface area (Å²) in [7, 11) is 0. The van der Waals surface area contributed by atoms with Crippen molar-refractivity contribution < 1.29 is 4.79 Å². The fraction of sp³-hybridized carbons (Fsp3) is 0.889. The summed E-state index contributed by atoms with van der Waals surface area (Å²) < 4.78 is 0. The molecule has 2 atom stereocenters. The van der Waals surface area contributed by atoms with E-state index in [-0.39, 0.29) is 12.0 Å². The van der Waals surface area contributed by atoms with Crippen LogP contribution in [0, 0.1) is 5.92 Å². The zero-order valence-corrected chi connectivity index (χ0v) is 8.55. The van der Waals surface area contributed by atoms with E-state index in [2.05, 4.69) is 0 Å². The Hall–Kier alpha value is -0.220. The Bertz CT molecular complexity index is 204. The van der Waals surface area contributed by atoms with Crippen LogP contribution in [-0.2, 0) is 4.79 Å². The van der Waals surface area contributed by atoms with Crippen LogP contribution < -0.4 is 5.73 Å². The summed E-state index contributed by atoms with van der Waals surface area (Å²) in [6.07, 6.45) is 2.04. The molecular formula is C9H16N2OS. The third-order valence-electron chi connectivity index (χ3n) is 2.82. The van der Waals surface area contributed by atoms with Gasteiger partial charge in [-0.25, -0.2) is 0 Å². The third-order valence-corrected chi connectivity index (χ3v) is 3.98. The number of likely N-dealkylation sites (tertiary alicyclic amines) is 1. The molecule has 0 aromatic carbocycles. The largest absolute Gasteiger partial charge is 0.341 e. The number of nitrogens with two attached hydrogens (primary N) is 1. The van der Waals surface area contributed by atoms with Crippen LogP contribution in [0.3, 0.4) is 0 Å². The number of rotatable bonds is 1. The topological polar surface area (TPSA) is 46.3 Å². The van der Waals surface area contributed by atoms with E-state index in [1.54, 1.807) is 0 Å². The van der Waals surface area contributed by atoms with Crippen LogP contribution in [0.1, 0.15) is 12.8 Å². The van der Waals surface area contributed by atoms with E-state index < -0.39 is 0 Å². The molecule has 2 N–H and O–H groups in total. The number of hydrogen-bond donors (Lipinski definition) is 1. The van der Waals surface area contributed by atoms with Crippen molar-refractivity contribution in [2.45, 2.75) is 18.9 Å². The van der Waals surface area contributed by atoms with Crippen molar-refractivity contribution in [1.82, 2.24) is 4.90 Å². The molecule has 1 amide bonds. The number of hydrogen-bond acceptors (Lipinski definition) is 3. The second-order valence-corrected chi connectivity index (χ2v) is 5.04. The molecule has 2 aliphatic heterocycles. The fourth-order valence-electron chi connectivity index (χ4n) is 1.97. The summed E-state index contributed by atoms with van der Waals surface area (Å²) in [6.45, 7) is 1.65. The molecule has 2 aliphatic rings. The van der Waals surface area contributed by atoms with Crippen molar-refractivity contribution >= 4 is 17.7 Å². The molecule has 2 fully saturated rings. The molecule has 2 rings (SSSR count). The molecule has 0 bridgehead atoms. The minimum atomic E-state index is 0.220. The molecule has 0 saturated carbocycles. The molecule has 4 heteroatoms. The van der Waals surface area contributed by atoms with Crippen LogP contribution in [0.25, 0.3) is 0 Å². The number of thioether (sulfide) groups is 1. The van der Waals surface area contributed by atoms with Gasteiger partial charge in [0, 0.05) is 30.8 Å². The monoisotopic (exact) mass is 200 g/mol. The van der Waals surface area contributed by atoms with Gasteiger partial charge in [-0.15, -0.1) is 0 Å².